The fourth-order valence-electron chi connectivity index (χ4n) is 2.72. The molecular weight excluding hydrogens is 336 g/mol. The SMILES string of the molecule is CCOc1ccccc1OCC(=O)N1CCN(C(=O)CCC(C)=O)CC1. The maximum absolute atomic E-state index is 12.3. The molecule has 0 atom stereocenters. The summed E-state index contributed by atoms with van der Waals surface area (Å²) in [6.45, 7) is 5.74. The molecule has 142 valence electrons. The summed E-state index contributed by atoms with van der Waals surface area (Å²) >= 11 is 0. The normalized spacial score (nSPS) is 14.1. The molecule has 1 aromatic rings. The second-order valence-electron chi connectivity index (χ2n) is 6.13. The Morgan fingerprint density at radius 2 is 1.42 bits per heavy atom. The molecule has 7 heteroatoms. The summed E-state index contributed by atoms with van der Waals surface area (Å²) < 4.78 is 11.1. The highest BCUT2D eigenvalue weighted by molar-refractivity contribution is 5.84. The van der Waals surface area contributed by atoms with Crippen LogP contribution in [0.3, 0.4) is 0 Å². The van der Waals surface area contributed by atoms with E-state index in [0.29, 0.717) is 44.3 Å². The molecule has 1 fully saturated rings. The highest BCUT2D eigenvalue weighted by Crippen LogP contribution is 2.26. The smallest absolute Gasteiger partial charge is 0.260 e. The van der Waals surface area contributed by atoms with Crippen LogP contribution >= 0.6 is 0 Å². The lowest BCUT2D eigenvalue weighted by molar-refractivity contribution is -0.141. The van der Waals surface area contributed by atoms with Crippen molar-refractivity contribution in [3.05, 3.63) is 24.3 Å². The molecule has 0 aliphatic carbocycles. The maximum atomic E-state index is 12.3. The van der Waals surface area contributed by atoms with Crippen molar-refractivity contribution in [2.24, 2.45) is 0 Å². The minimum atomic E-state index is -0.118. The summed E-state index contributed by atoms with van der Waals surface area (Å²) in [5.74, 6) is 1.02. The van der Waals surface area contributed by atoms with E-state index in [1.165, 1.54) is 6.92 Å². The topological polar surface area (TPSA) is 76.2 Å². The number of piperazine rings is 1. The van der Waals surface area contributed by atoms with Crippen molar-refractivity contribution in [2.45, 2.75) is 26.7 Å². The molecule has 0 unspecified atom stereocenters. The minimum absolute atomic E-state index is 0.0108. The lowest BCUT2D eigenvalue weighted by atomic mass is 10.2. The number of amides is 2. The highest BCUT2D eigenvalue weighted by atomic mass is 16.5. The van der Waals surface area contributed by atoms with Gasteiger partial charge in [-0.05, 0) is 26.0 Å². The molecule has 0 spiro atoms. The van der Waals surface area contributed by atoms with Crippen LogP contribution in [0.25, 0.3) is 0 Å². The second-order valence-corrected chi connectivity index (χ2v) is 6.13. The zero-order valence-electron chi connectivity index (χ0n) is 15.4. The minimum Gasteiger partial charge on any atom is -0.490 e. The van der Waals surface area contributed by atoms with Gasteiger partial charge < -0.3 is 24.1 Å². The van der Waals surface area contributed by atoms with Gasteiger partial charge in [-0.1, -0.05) is 12.1 Å². The summed E-state index contributed by atoms with van der Waals surface area (Å²) in [5, 5.41) is 0. The molecule has 2 rings (SSSR count). The van der Waals surface area contributed by atoms with E-state index in [-0.39, 0.29) is 37.0 Å². The van der Waals surface area contributed by atoms with Gasteiger partial charge in [0.15, 0.2) is 18.1 Å². The first-order valence-corrected chi connectivity index (χ1v) is 8.91. The Morgan fingerprint density at radius 3 is 1.96 bits per heavy atom. The number of carbonyl (C=O) groups is 3. The molecule has 1 saturated heterocycles. The molecule has 1 aromatic carbocycles. The third-order valence-electron chi connectivity index (χ3n) is 4.18. The van der Waals surface area contributed by atoms with Crippen LogP contribution in [0.1, 0.15) is 26.7 Å². The molecule has 0 aromatic heterocycles. The number of nitrogens with zero attached hydrogens (tertiary/aromatic N) is 2. The van der Waals surface area contributed by atoms with Crippen LogP contribution in [0.5, 0.6) is 11.5 Å². The van der Waals surface area contributed by atoms with Crippen LogP contribution in [0, 0.1) is 0 Å². The number of carbonyl (C=O) groups excluding carboxylic acids is 3. The third-order valence-corrected chi connectivity index (χ3v) is 4.18. The van der Waals surface area contributed by atoms with Gasteiger partial charge >= 0.3 is 0 Å². The van der Waals surface area contributed by atoms with Crippen LogP contribution in [-0.2, 0) is 14.4 Å². The van der Waals surface area contributed by atoms with Crippen molar-refractivity contribution in [1.29, 1.82) is 0 Å². The molecule has 26 heavy (non-hydrogen) atoms. The molecule has 0 bridgehead atoms. The first-order valence-electron chi connectivity index (χ1n) is 8.91. The van der Waals surface area contributed by atoms with Gasteiger partial charge in [0.05, 0.1) is 6.61 Å². The van der Waals surface area contributed by atoms with Crippen LogP contribution in [0.15, 0.2) is 24.3 Å². The summed E-state index contributed by atoms with van der Waals surface area (Å²) in [4.78, 5) is 38.7. The van der Waals surface area contributed by atoms with E-state index < -0.39 is 0 Å². The van der Waals surface area contributed by atoms with Crippen molar-refractivity contribution in [1.82, 2.24) is 9.80 Å². The summed E-state index contributed by atoms with van der Waals surface area (Å²) in [7, 11) is 0. The number of para-hydroxylation sites is 2. The lowest BCUT2D eigenvalue weighted by Gasteiger charge is -2.34. The number of ether oxygens (including phenoxy) is 2. The van der Waals surface area contributed by atoms with Gasteiger partial charge in [-0.25, -0.2) is 0 Å². The van der Waals surface area contributed by atoms with Crippen molar-refractivity contribution in [2.75, 3.05) is 39.4 Å². The van der Waals surface area contributed by atoms with Gasteiger partial charge in [0.25, 0.3) is 5.91 Å². The first-order chi connectivity index (χ1) is 12.5. The summed E-state index contributed by atoms with van der Waals surface area (Å²) in [6, 6.07) is 7.24. The van der Waals surface area contributed by atoms with Crippen molar-refractivity contribution >= 4 is 17.6 Å². The van der Waals surface area contributed by atoms with Crippen LogP contribution in [0.4, 0.5) is 0 Å². The van der Waals surface area contributed by atoms with Crippen molar-refractivity contribution in [3.8, 4) is 11.5 Å². The third kappa shape index (κ3) is 5.75. The van der Waals surface area contributed by atoms with Gasteiger partial charge in [0, 0.05) is 39.0 Å². The van der Waals surface area contributed by atoms with E-state index in [1.807, 2.05) is 19.1 Å². The zero-order valence-corrected chi connectivity index (χ0v) is 15.4. The number of hydrogen-bond donors (Lipinski definition) is 0. The lowest BCUT2D eigenvalue weighted by Crippen LogP contribution is -2.51. The van der Waals surface area contributed by atoms with E-state index in [1.54, 1.807) is 21.9 Å². The van der Waals surface area contributed by atoms with Crippen molar-refractivity contribution < 1.29 is 23.9 Å². The molecule has 0 saturated carbocycles. The van der Waals surface area contributed by atoms with Gasteiger partial charge in [0.2, 0.25) is 5.91 Å². The van der Waals surface area contributed by atoms with Gasteiger partial charge in [0.1, 0.15) is 5.78 Å². The average molecular weight is 362 g/mol. The molecule has 2 amide bonds. The van der Waals surface area contributed by atoms with Crippen LogP contribution in [-0.4, -0.2) is 66.8 Å². The molecule has 1 aliphatic rings. The predicted octanol–water partition coefficient (Wildman–Crippen LogP) is 1.50. The van der Waals surface area contributed by atoms with E-state index >= 15 is 0 Å². The largest absolute Gasteiger partial charge is 0.490 e. The molecule has 7 nitrogen and oxygen atoms in total. The summed E-state index contributed by atoms with van der Waals surface area (Å²) in [5.41, 5.74) is 0. The first kappa shape index (κ1) is 19.8. The summed E-state index contributed by atoms with van der Waals surface area (Å²) in [6.07, 6.45) is 0.506. The Kier molecular flexibility index (Phi) is 7.44. The number of rotatable bonds is 8. The number of ketones is 1. The Balaban J connectivity index is 1.78. The Labute approximate surface area is 153 Å². The van der Waals surface area contributed by atoms with Crippen LogP contribution < -0.4 is 9.47 Å². The molecule has 1 aliphatic heterocycles. The predicted molar refractivity (Wildman–Crippen MR) is 96.2 cm³/mol. The average Bonchev–Trinajstić information content (AvgIpc) is 2.65. The van der Waals surface area contributed by atoms with E-state index in [2.05, 4.69) is 0 Å². The molecule has 0 radical (unpaired) electrons. The van der Waals surface area contributed by atoms with Crippen LogP contribution in [0.2, 0.25) is 0 Å². The molecule has 1 heterocycles. The van der Waals surface area contributed by atoms with E-state index in [0.717, 1.165) is 0 Å². The molecular formula is C19H26N2O5. The van der Waals surface area contributed by atoms with E-state index in [4.69, 9.17) is 9.47 Å². The fourth-order valence-corrected chi connectivity index (χ4v) is 2.72. The van der Waals surface area contributed by atoms with Gasteiger partial charge in [-0.3, -0.25) is 9.59 Å². The Hall–Kier alpha value is -2.57. The quantitative estimate of drug-likeness (QED) is 0.701. The van der Waals surface area contributed by atoms with Crippen molar-refractivity contribution in [3.63, 3.8) is 0 Å². The molecule has 0 N–H and O–H groups in total. The number of Topliss-reactive ketones (excluding diaryl/α,β-unsaturated/α-hetero) is 1. The van der Waals surface area contributed by atoms with Gasteiger partial charge in [-0.2, -0.15) is 0 Å². The Morgan fingerprint density at radius 1 is 0.885 bits per heavy atom. The highest BCUT2D eigenvalue weighted by Gasteiger charge is 2.24. The standard InChI is InChI=1S/C19H26N2O5/c1-3-25-16-6-4-5-7-17(16)26-14-19(24)21-12-10-20(11-13-21)18(23)9-8-15(2)22/h4-7H,3,8-14H2,1-2H3. The zero-order chi connectivity index (χ0) is 18.9. The Bertz CT molecular complexity index is 639. The van der Waals surface area contributed by atoms with E-state index in [9.17, 15) is 14.4 Å². The number of hydrogen-bond acceptors (Lipinski definition) is 5. The van der Waals surface area contributed by atoms with Gasteiger partial charge in [-0.15, -0.1) is 0 Å². The monoisotopic (exact) mass is 362 g/mol. The second kappa shape index (κ2) is 9.79. The maximum Gasteiger partial charge on any atom is 0.260 e. The number of benzene rings is 1. The fraction of sp³-hybridized carbons (Fsp3) is 0.526.